The van der Waals surface area contributed by atoms with Gasteiger partial charge in [-0.1, -0.05) is 56.3 Å². The second-order valence-electron chi connectivity index (χ2n) is 8.20. The van der Waals surface area contributed by atoms with Crippen molar-refractivity contribution in [1.29, 1.82) is 0 Å². The molecule has 0 fully saturated rings. The topological polar surface area (TPSA) is 91.4 Å². The number of nitrogens with one attached hydrogen (secondary N) is 2. The van der Waals surface area contributed by atoms with E-state index in [1.165, 1.54) is 16.2 Å². The fraction of sp³-hybridized carbons (Fsp3) is 0.308. The van der Waals surface area contributed by atoms with E-state index in [0.29, 0.717) is 29.7 Å². The van der Waals surface area contributed by atoms with Gasteiger partial charge >= 0.3 is 0 Å². The molecule has 3 amide bonds. The Bertz CT molecular complexity index is 1070. The van der Waals surface area contributed by atoms with Crippen LogP contribution in [0.1, 0.15) is 43.7 Å². The Morgan fingerprint density at radius 2 is 1.71 bits per heavy atom. The van der Waals surface area contributed by atoms with E-state index in [2.05, 4.69) is 29.5 Å². The zero-order valence-corrected chi connectivity index (χ0v) is 20.3. The average molecular weight is 479 g/mol. The zero-order chi connectivity index (χ0) is 24.3. The van der Waals surface area contributed by atoms with Crippen LogP contribution in [-0.2, 0) is 20.8 Å². The van der Waals surface area contributed by atoms with Crippen molar-refractivity contribution < 1.29 is 14.4 Å². The summed E-state index contributed by atoms with van der Waals surface area (Å²) in [7, 11) is 0. The standard InChI is InChI=1S/C26H30N4O3S/c1-19(2)21-8-10-22(11-9-21)30(18-24(32)27-15-14-20-6-4-3-5-7-20)25(33)13-12-23(31)29-26-28-16-17-34-26/h3-11,16-17,19H,12-15,18H2,1-2H3,(H,27,32)(H,28,29,31). The monoisotopic (exact) mass is 478 g/mol. The van der Waals surface area contributed by atoms with Crippen LogP contribution in [0.2, 0.25) is 0 Å². The number of aromatic nitrogens is 1. The van der Waals surface area contributed by atoms with Gasteiger partial charge in [-0.3, -0.25) is 14.4 Å². The van der Waals surface area contributed by atoms with Crippen LogP contribution in [0.5, 0.6) is 0 Å². The van der Waals surface area contributed by atoms with Gasteiger partial charge in [0, 0.05) is 36.7 Å². The predicted octanol–water partition coefficient (Wildman–Crippen LogP) is 4.38. The highest BCUT2D eigenvalue weighted by Crippen LogP contribution is 2.21. The van der Waals surface area contributed by atoms with Crippen LogP contribution in [0, 0.1) is 0 Å². The number of rotatable bonds is 11. The lowest BCUT2D eigenvalue weighted by Crippen LogP contribution is -2.41. The molecule has 2 N–H and O–H groups in total. The van der Waals surface area contributed by atoms with Crippen molar-refractivity contribution in [1.82, 2.24) is 10.3 Å². The fourth-order valence-electron chi connectivity index (χ4n) is 3.38. The van der Waals surface area contributed by atoms with E-state index in [1.807, 2.05) is 54.6 Å². The Morgan fingerprint density at radius 1 is 0.971 bits per heavy atom. The summed E-state index contributed by atoms with van der Waals surface area (Å²) in [6, 6.07) is 17.5. The van der Waals surface area contributed by atoms with Gasteiger partial charge in [-0.25, -0.2) is 4.98 Å². The highest BCUT2D eigenvalue weighted by molar-refractivity contribution is 7.13. The van der Waals surface area contributed by atoms with Gasteiger partial charge in [0.15, 0.2) is 5.13 Å². The zero-order valence-electron chi connectivity index (χ0n) is 19.5. The Morgan fingerprint density at radius 3 is 2.35 bits per heavy atom. The third-order valence-corrected chi connectivity index (χ3v) is 5.99. The molecule has 0 saturated heterocycles. The summed E-state index contributed by atoms with van der Waals surface area (Å²) in [4.78, 5) is 43.4. The van der Waals surface area contributed by atoms with Crippen molar-refractivity contribution in [2.75, 3.05) is 23.3 Å². The molecule has 0 radical (unpaired) electrons. The first-order chi connectivity index (χ1) is 16.4. The summed E-state index contributed by atoms with van der Waals surface area (Å²) >= 11 is 1.32. The van der Waals surface area contributed by atoms with Crippen LogP contribution in [-0.4, -0.2) is 35.8 Å². The number of hydrogen-bond acceptors (Lipinski definition) is 5. The molecule has 0 unspecified atom stereocenters. The minimum Gasteiger partial charge on any atom is -0.354 e. The normalized spacial score (nSPS) is 10.7. The third-order valence-electron chi connectivity index (χ3n) is 5.30. The van der Waals surface area contributed by atoms with Crippen LogP contribution in [0.4, 0.5) is 10.8 Å². The molecule has 178 valence electrons. The molecule has 0 spiro atoms. The van der Waals surface area contributed by atoms with E-state index in [9.17, 15) is 14.4 Å². The van der Waals surface area contributed by atoms with Crippen molar-refractivity contribution in [2.24, 2.45) is 0 Å². The van der Waals surface area contributed by atoms with Gasteiger partial charge in [-0.15, -0.1) is 11.3 Å². The summed E-state index contributed by atoms with van der Waals surface area (Å²) in [5, 5.41) is 7.83. The molecule has 8 heteroatoms. The van der Waals surface area contributed by atoms with E-state index in [1.54, 1.807) is 11.6 Å². The summed E-state index contributed by atoms with van der Waals surface area (Å²) < 4.78 is 0. The van der Waals surface area contributed by atoms with E-state index >= 15 is 0 Å². The Kier molecular flexibility index (Phi) is 9.34. The van der Waals surface area contributed by atoms with Crippen LogP contribution >= 0.6 is 11.3 Å². The molecule has 0 aliphatic rings. The molecule has 3 aromatic rings. The fourth-order valence-corrected chi connectivity index (χ4v) is 3.92. The van der Waals surface area contributed by atoms with Gasteiger partial charge in [0.25, 0.3) is 0 Å². The van der Waals surface area contributed by atoms with E-state index < -0.39 is 0 Å². The van der Waals surface area contributed by atoms with Gasteiger partial charge in [-0.05, 0) is 35.6 Å². The lowest BCUT2D eigenvalue weighted by Gasteiger charge is -2.23. The van der Waals surface area contributed by atoms with Crippen molar-refractivity contribution in [3.63, 3.8) is 0 Å². The molecule has 0 aliphatic heterocycles. The predicted molar refractivity (Wildman–Crippen MR) is 136 cm³/mol. The minimum absolute atomic E-state index is 0.00855. The number of carbonyl (C=O) groups is 3. The lowest BCUT2D eigenvalue weighted by molar-refractivity contribution is -0.125. The SMILES string of the molecule is CC(C)c1ccc(N(CC(=O)NCCc2ccccc2)C(=O)CCC(=O)Nc2nccs2)cc1. The first-order valence-corrected chi connectivity index (χ1v) is 12.2. The largest absolute Gasteiger partial charge is 0.354 e. The number of benzene rings is 2. The van der Waals surface area contributed by atoms with Crippen LogP contribution in [0.15, 0.2) is 66.2 Å². The van der Waals surface area contributed by atoms with Crippen molar-refractivity contribution in [3.8, 4) is 0 Å². The Balaban J connectivity index is 1.61. The Labute approximate surface area is 204 Å². The quantitative estimate of drug-likeness (QED) is 0.428. The number of thiazole rings is 1. The maximum absolute atomic E-state index is 13.1. The molecule has 0 aliphatic carbocycles. The van der Waals surface area contributed by atoms with Crippen molar-refractivity contribution in [3.05, 3.63) is 77.3 Å². The lowest BCUT2D eigenvalue weighted by atomic mass is 10.0. The molecule has 0 atom stereocenters. The van der Waals surface area contributed by atoms with Gasteiger partial charge in [0.05, 0.1) is 0 Å². The number of hydrogen-bond donors (Lipinski definition) is 2. The molecule has 0 bridgehead atoms. The van der Waals surface area contributed by atoms with E-state index in [0.717, 1.165) is 11.1 Å². The summed E-state index contributed by atoms with van der Waals surface area (Å²) in [5.74, 6) is -0.464. The molecular formula is C26H30N4O3S. The third kappa shape index (κ3) is 7.81. The number of amides is 3. The summed E-state index contributed by atoms with van der Waals surface area (Å²) in [6.07, 6.45) is 2.31. The minimum atomic E-state index is -0.287. The van der Waals surface area contributed by atoms with Crippen LogP contribution < -0.4 is 15.5 Å². The van der Waals surface area contributed by atoms with Crippen molar-refractivity contribution >= 4 is 39.9 Å². The average Bonchev–Trinajstić information content (AvgIpc) is 3.35. The maximum Gasteiger partial charge on any atom is 0.240 e. The first-order valence-electron chi connectivity index (χ1n) is 11.3. The second kappa shape index (κ2) is 12.6. The summed E-state index contributed by atoms with van der Waals surface area (Å²) in [6.45, 7) is 4.56. The van der Waals surface area contributed by atoms with E-state index in [-0.39, 0.29) is 37.1 Å². The number of nitrogens with zero attached hydrogens (tertiary/aromatic N) is 2. The molecule has 7 nitrogen and oxygen atoms in total. The molecule has 34 heavy (non-hydrogen) atoms. The van der Waals surface area contributed by atoms with Crippen LogP contribution in [0.3, 0.4) is 0 Å². The van der Waals surface area contributed by atoms with Gasteiger partial charge in [-0.2, -0.15) is 0 Å². The van der Waals surface area contributed by atoms with Gasteiger partial charge in [0.2, 0.25) is 17.7 Å². The Hall–Kier alpha value is -3.52. The molecule has 1 heterocycles. The highest BCUT2D eigenvalue weighted by atomic mass is 32.1. The molecule has 1 aromatic heterocycles. The van der Waals surface area contributed by atoms with Gasteiger partial charge in [0.1, 0.15) is 6.54 Å². The van der Waals surface area contributed by atoms with E-state index in [4.69, 9.17) is 0 Å². The van der Waals surface area contributed by atoms with Crippen LogP contribution in [0.25, 0.3) is 0 Å². The maximum atomic E-state index is 13.1. The molecule has 0 saturated carbocycles. The summed E-state index contributed by atoms with van der Waals surface area (Å²) in [5.41, 5.74) is 2.91. The molecule has 2 aromatic carbocycles. The van der Waals surface area contributed by atoms with Gasteiger partial charge < -0.3 is 15.5 Å². The van der Waals surface area contributed by atoms with Crippen molar-refractivity contribution in [2.45, 2.75) is 39.0 Å². The molecule has 3 rings (SSSR count). The smallest absolute Gasteiger partial charge is 0.240 e. The number of anilines is 2. The molecular weight excluding hydrogens is 448 g/mol. The highest BCUT2D eigenvalue weighted by Gasteiger charge is 2.20. The first kappa shape index (κ1) is 25.1. The second-order valence-corrected chi connectivity index (χ2v) is 9.09. The number of carbonyl (C=O) groups excluding carboxylic acids is 3.